The molecule has 0 amide bonds. The molecule has 0 N–H and O–H groups in total. The van der Waals surface area contributed by atoms with Gasteiger partial charge in [-0.2, -0.15) is 0 Å². The molecule has 12 heavy (non-hydrogen) atoms. The number of ketones is 1. The van der Waals surface area contributed by atoms with Gasteiger partial charge in [-0.05, 0) is 10.8 Å². The second-order valence-corrected chi connectivity index (χ2v) is 4.84. The zero-order valence-electron chi connectivity index (χ0n) is 8.48. The summed E-state index contributed by atoms with van der Waals surface area (Å²) in [5, 5.41) is 0. The average Bonchev–Trinajstić information content (AvgIpc) is 2.24. The molecule has 0 unspecified atom stereocenters. The van der Waals surface area contributed by atoms with E-state index < -0.39 is 0 Å². The zero-order valence-corrected chi connectivity index (χ0v) is 8.48. The van der Waals surface area contributed by atoms with Crippen molar-refractivity contribution < 1.29 is 4.79 Å². The zero-order chi connectivity index (χ0) is 9.57. The van der Waals surface area contributed by atoms with Crippen LogP contribution in [0.3, 0.4) is 0 Å². The van der Waals surface area contributed by atoms with Crippen molar-refractivity contribution in [1.82, 2.24) is 0 Å². The Bertz CT molecular complexity index is 209. The predicted octanol–water partition coefficient (Wildman–Crippen LogP) is 2.81. The second-order valence-electron chi connectivity index (χ2n) is 4.84. The Morgan fingerprint density at radius 1 is 1.33 bits per heavy atom. The van der Waals surface area contributed by atoms with E-state index in [2.05, 4.69) is 34.3 Å². The Labute approximate surface area is 74.9 Å². The first kappa shape index (κ1) is 9.50. The Kier molecular flexibility index (Phi) is 1.94. The maximum Gasteiger partial charge on any atom is 0.140 e. The van der Waals surface area contributed by atoms with Gasteiger partial charge in [0.1, 0.15) is 5.78 Å². The van der Waals surface area contributed by atoms with Crippen LogP contribution in [-0.4, -0.2) is 5.78 Å². The molecule has 0 heterocycles. The van der Waals surface area contributed by atoms with Crippen molar-refractivity contribution in [2.45, 2.75) is 34.1 Å². The van der Waals surface area contributed by atoms with Gasteiger partial charge >= 0.3 is 0 Å². The SMILES string of the molecule is C=CCC(=O)C1C(C)(C)C1(C)C. The van der Waals surface area contributed by atoms with Crippen LogP contribution in [0.25, 0.3) is 0 Å². The van der Waals surface area contributed by atoms with Crippen molar-refractivity contribution in [3.05, 3.63) is 12.7 Å². The Morgan fingerprint density at radius 2 is 1.75 bits per heavy atom. The Balaban J connectivity index is 2.70. The highest BCUT2D eigenvalue weighted by atomic mass is 16.1. The molecule has 0 bridgehead atoms. The molecule has 0 aromatic carbocycles. The van der Waals surface area contributed by atoms with Gasteiger partial charge < -0.3 is 0 Å². The number of carbonyl (C=O) groups is 1. The summed E-state index contributed by atoms with van der Waals surface area (Å²) in [4.78, 5) is 11.6. The summed E-state index contributed by atoms with van der Waals surface area (Å²) in [6.45, 7) is 12.2. The molecule has 0 atom stereocenters. The fourth-order valence-electron chi connectivity index (χ4n) is 2.26. The van der Waals surface area contributed by atoms with E-state index in [0.29, 0.717) is 12.2 Å². The van der Waals surface area contributed by atoms with Crippen LogP contribution in [0.2, 0.25) is 0 Å². The Morgan fingerprint density at radius 3 is 2.00 bits per heavy atom. The van der Waals surface area contributed by atoms with E-state index in [4.69, 9.17) is 0 Å². The standard InChI is InChI=1S/C11H18O/c1-6-7-8(12)9-10(2,3)11(9,4)5/h6,9H,1,7H2,2-5H3. The highest BCUT2D eigenvalue weighted by Gasteiger charge is 2.67. The molecule has 1 fully saturated rings. The number of carbonyl (C=O) groups excluding carboxylic acids is 1. The van der Waals surface area contributed by atoms with E-state index in [-0.39, 0.29) is 16.7 Å². The van der Waals surface area contributed by atoms with Crippen molar-refractivity contribution in [1.29, 1.82) is 0 Å². The lowest BCUT2D eigenvalue weighted by atomic mass is 10.0. The largest absolute Gasteiger partial charge is 0.299 e. The van der Waals surface area contributed by atoms with E-state index >= 15 is 0 Å². The molecule has 0 saturated heterocycles. The minimum Gasteiger partial charge on any atom is -0.299 e. The summed E-state index contributed by atoms with van der Waals surface area (Å²) in [7, 11) is 0. The van der Waals surface area contributed by atoms with Crippen LogP contribution in [0.5, 0.6) is 0 Å². The summed E-state index contributed by atoms with van der Waals surface area (Å²) in [6, 6.07) is 0. The predicted molar refractivity (Wildman–Crippen MR) is 50.9 cm³/mol. The first-order valence-corrected chi connectivity index (χ1v) is 4.49. The van der Waals surface area contributed by atoms with Gasteiger partial charge in [0.15, 0.2) is 0 Å². The van der Waals surface area contributed by atoms with Gasteiger partial charge in [0.2, 0.25) is 0 Å². The molecule has 0 aliphatic heterocycles. The maximum absolute atomic E-state index is 11.6. The quantitative estimate of drug-likeness (QED) is 0.589. The van der Waals surface area contributed by atoms with Crippen LogP contribution >= 0.6 is 0 Å². The van der Waals surface area contributed by atoms with E-state index in [1.807, 2.05) is 0 Å². The van der Waals surface area contributed by atoms with Crippen LogP contribution < -0.4 is 0 Å². The third-order valence-corrected chi connectivity index (χ3v) is 3.69. The number of hydrogen-bond acceptors (Lipinski definition) is 1. The molecule has 1 rings (SSSR count). The summed E-state index contributed by atoms with van der Waals surface area (Å²) < 4.78 is 0. The minimum atomic E-state index is 0.188. The van der Waals surface area contributed by atoms with Crippen molar-refractivity contribution in [3.63, 3.8) is 0 Å². The molecule has 0 spiro atoms. The van der Waals surface area contributed by atoms with Gasteiger partial charge in [0.05, 0.1) is 0 Å². The topological polar surface area (TPSA) is 17.1 Å². The van der Waals surface area contributed by atoms with Crippen LogP contribution in [0.1, 0.15) is 34.1 Å². The molecule has 1 saturated carbocycles. The molecular formula is C11H18O. The lowest BCUT2D eigenvalue weighted by Gasteiger charge is -2.03. The van der Waals surface area contributed by atoms with Crippen LogP contribution in [0.4, 0.5) is 0 Å². The first-order chi connectivity index (χ1) is 5.35. The fraction of sp³-hybridized carbons (Fsp3) is 0.727. The molecule has 0 aromatic rings. The molecule has 1 aliphatic rings. The van der Waals surface area contributed by atoms with Crippen LogP contribution in [-0.2, 0) is 4.79 Å². The highest BCUT2D eigenvalue weighted by molar-refractivity contribution is 5.87. The first-order valence-electron chi connectivity index (χ1n) is 4.49. The molecule has 1 heteroatoms. The van der Waals surface area contributed by atoms with Crippen LogP contribution in [0, 0.1) is 16.7 Å². The van der Waals surface area contributed by atoms with Crippen molar-refractivity contribution in [2.24, 2.45) is 16.7 Å². The lowest BCUT2D eigenvalue weighted by Crippen LogP contribution is -2.04. The highest BCUT2D eigenvalue weighted by Crippen LogP contribution is 2.68. The van der Waals surface area contributed by atoms with Gasteiger partial charge in [-0.25, -0.2) is 0 Å². The Hall–Kier alpha value is -0.590. The van der Waals surface area contributed by atoms with Crippen molar-refractivity contribution in [2.75, 3.05) is 0 Å². The lowest BCUT2D eigenvalue weighted by molar-refractivity contribution is -0.120. The maximum atomic E-state index is 11.6. The third kappa shape index (κ3) is 1.03. The second kappa shape index (κ2) is 2.45. The van der Waals surface area contributed by atoms with E-state index in [1.54, 1.807) is 6.08 Å². The van der Waals surface area contributed by atoms with E-state index in [1.165, 1.54) is 0 Å². The number of Topliss-reactive ketones (excluding diaryl/α,β-unsaturated/α-hetero) is 1. The summed E-state index contributed by atoms with van der Waals surface area (Å²) in [5.74, 6) is 0.586. The summed E-state index contributed by atoms with van der Waals surface area (Å²) in [5.41, 5.74) is 0.375. The summed E-state index contributed by atoms with van der Waals surface area (Å²) in [6.07, 6.45) is 2.23. The number of allylic oxidation sites excluding steroid dienone is 1. The van der Waals surface area contributed by atoms with E-state index in [9.17, 15) is 4.79 Å². The van der Waals surface area contributed by atoms with E-state index in [0.717, 1.165) is 0 Å². The third-order valence-electron chi connectivity index (χ3n) is 3.69. The molecule has 68 valence electrons. The van der Waals surface area contributed by atoms with Gasteiger partial charge in [-0.15, -0.1) is 6.58 Å². The smallest absolute Gasteiger partial charge is 0.140 e. The molecule has 0 aromatic heterocycles. The van der Waals surface area contributed by atoms with Crippen molar-refractivity contribution >= 4 is 5.78 Å². The minimum absolute atomic E-state index is 0.188. The fourth-order valence-corrected chi connectivity index (χ4v) is 2.26. The number of hydrogen-bond donors (Lipinski definition) is 0. The molecule has 1 nitrogen and oxygen atoms in total. The summed E-state index contributed by atoms with van der Waals surface area (Å²) >= 11 is 0. The molecular weight excluding hydrogens is 148 g/mol. The van der Waals surface area contributed by atoms with Crippen molar-refractivity contribution in [3.8, 4) is 0 Å². The van der Waals surface area contributed by atoms with Gasteiger partial charge in [-0.1, -0.05) is 33.8 Å². The van der Waals surface area contributed by atoms with Crippen LogP contribution in [0.15, 0.2) is 12.7 Å². The molecule has 0 radical (unpaired) electrons. The molecule has 1 aliphatic carbocycles. The average molecular weight is 166 g/mol. The van der Waals surface area contributed by atoms with Gasteiger partial charge in [0, 0.05) is 12.3 Å². The number of rotatable bonds is 3. The monoisotopic (exact) mass is 166 g/mol. The van der Waals surface area contributed by atoms with Gasteiger partial charge in [-0.3, -0.25) is 4.79 Å². The van der Waals surface area contributed by atoms with Gasteiger partial charge in [0.25, 0.3) is 0 Å². The normalized spacial score (nSPS) is 25.0.